The summed E-state index contributed by atoms with van der Waals surface area (Å²) in [4.78, 5) is 25.1. The minimum absolute atomic E-state index is 0.211. The lowest BCUT2D eigenvalue weighted by molar-refractivity contribution is -0.122. The number of amides is 2. The molecule has 1 heterocycles. The number of thioether (sulfide) groups is 1. The Labute approximate surface area is 110 Å². The Kier molecular flexibility index (Phi) is 3.72. The molecule has 18 heavy (non-hydrogen) atoms. The number of imide groups is 1. The van der Waals surface area contributed by atoms with Crippen molar-refractivity contribution in [3.05, 3.63) is 34.7 Å². The number of ether oxygens (including phenoxy) is 1. The lowest BCUT2D eigenvalue weighted by Gasteiger charge is -2.07. The van der Waals surface area contributed by atoms with Crippen molar-refractivity contribution in [1.82, 2.24) is 4.90 Å². The molecule has 94 valence electrons. The van der Waals surface area contributed by atoms with Crippen LogP contribution in [0.2, 0.25) is 0 Å². The second-order valence-corrected chi connectivity index (χ2v) is 4.70. The molecule has 0 bridgehead atoms. The molecule has 0 atom stereocenters. The predicted molar refractivity (Wildman–Crippen MR) is 71.3 cm³/mol. The fourth-order valence-electron chi connectivity index (χ4n) is 1.66. The van der Waals surface area contributed by atoms with E-state index < -0.39 is 0 Å². The highest BCUT2D eigenvalue weighted by Gasteiger charge is 2.33. The summed E-state index contributed by atoms with van der Waals surface area (Å²) in [6, 6.07) is 7.35. The van der Waals surface area contributed by atoms with Crippen LogP contribution in [0.15, 0.2) is 29.2 Å². The molecule has 0 aromatic heterocycles. The molecule has 5 heteroatoms. The van der Waals surface area contributed by atoms with Gasteiger partial charge in [-0.2, -0.15) is 0 Å². The third-order valence-electron chi connectivity index (χ3n) is 2.58. The van der Waals surface area contributed by atoms with Gasteiger partial charge in [0.25, 0.3) is 11.1 Å². The number of carbonyl (C=O) groups excluding carboxylic acids is 2. The van der Waals surface area contributed by atoms with Crippen LogP contribution in [-0.4, -0.2) is 29.7 Å². The quantitative estimate of drug-likeness (QED) is 0.787. The lowest BCUT2D eigenvalue weighted by atomic mass is 10.2. The van der Waals surface area contributed by atoms with Gasteiger partial charge in [0, 0.05) is 6.54 Å². The SMILES string of the molecule is CCN1C(=O)S/C(=C\c2cccc(OC)c2)C1=O. The number of carbonyl (C=O) groups is 2. The summed E-state index contributed by atoms with van der Waals surface area (Å²) in [6.07, 6.45) is 1.71. The number of benzene rings is 1. The molecule has 1 fully saturated rings. The van der Waals surface area contributed by atoms with Gasteiger partial charge >= 0.3 is 0 Å². The Bertz CT molecular complexity index is 525. The van der Waals surface area contributed by atoms with Crippen LogP contribution in [0.25, 0.3) is 6.08 Å². The molecule has 0 spiro atoms. The number of methoxy groups -OCH3 is 1. The zero-order chi connectivity index (χ0) is 13.1. The third kappa shape index (κ3) is 2.41. The maximum atomic E-state index is 11.9. The van der Waals surface area contributed by atoms with Crippen molar-refractivity contribution in [3.8, 4) is 5.75 Å². The fourth-order valence-corrected chi connectivity index (χ4v) is 2.56. The van der Waals surface area contributed by atoms with Crippen molar-refractivity contribution in [3.63, 3.8) is 0 Å². The minimum Gasteiger partial charge on any atom is -0.497 e. The molecule has 1 aromatic rings. The van der Waals surface area contributed by atoms with Crippen molar-refractivity contribution in [2.24, 2.45) is 0 Å². The molecule has 0 saturated carbocycles. The van der Waals surface area contributed by atoms with Crippen LogP contribution in [0.5, 0.6) is 5.75 Å². The van der Waals surface area contributed by atoms with Gasteiger partial charge < -0.3 is 4.74 Å². The van der Waals surface area contributed by atoms with Crippen LogP contribution in [-0.2, 0) is 4.79 Å². The summed E-state index contributed by atoms with van der Waals surface area (Å²) in [7, 11) is 1.59. The average Bonchev–Trinajstić information content (AvgIpc) is 2.64. The number of hydrogen-bond donors (Lipinski definition) is 0. The van der Waals surface area contributed by atoms with E-state index in [1.165, 1.54) is 4.90 Å². The molecule has 0 unspecified atom stereocenters. The highest BCUT2D eigenvalue weighted by molar-refractivity contribution is 8.18. The first-order chi connectivity index (χ1) is 8.65. The maximum absolute atomic E-state index is 11.9. The molecule has 1 saturated heterocycles. The summed E-state index contributed by atoms with van der Waals surface area (Å²) in [5.41, 5.74) is 0.843. The standard InChI is InChI=1S/C13H13NO3S/c1-3-14-12(15)11(18-13(14)16)8-9-5-4-6-10(7-9)17-2/h4-8H,3H2,1-2H3/b11-8-. The molecule has 0 N–H and O–H groups in total. The first-order valence-corrected chi connectivity index (χ1v) is 6.36. The van der Waals surface area contributed by atoms with E-state index >= 15 is 0 Å². The van der Waals surface area contributed by atoms with E-state index in [1.54, 1.807) is 20.1 Å². The Morgan fingerprint density at radius 3 is 2.78 bits per heavy atom. The monoisotopic (exact) mass is 263 g/mol. The number of likely N-dealkylation sites (N-methyl/N-ethyl adjacent to an activating group) is 1. The van der Waals surface area contributed by atoms with E-state index in [4.69, 9.17) is 4.74 Å². The highest BCUT2D eigenvalue weighted by atomic mass is 32.2. The largest absolute Gasteiger partial charge is 0.497 e. The molecule has 2 amide bonds. The third-order valence-corrected chi connectivity index (χ3v) is 3.49. The van der Waals surface area contributed by atoms with E-state index in [0.29, 0.717) is 11.4 Å². The summed E-state index contributed by atoms with van der Waals surface area (Å²) < 4.78 is 5.11. The topological polar surface area (TPSA) is 46.6 Å². The summed E-state index contributed by atoms with van der Waals surface area (Å²) >= 11 is 0.972. The molecule has 1 aromatic carbocycles. The van der Waals surface area contributed by atoms with Crippen LogP contribution in [0.1, 0.15) is 12.5 Å². The summed E-state index contributed by atoms with van der Waals surface area (Å²) in [5.74, 6) is 0.494. The van der Waals surface area contributed by atoms with Gasteiger partial charge in [-0.05, 0) is 42.5 Å². The zero-order valence-corrected chi connectivity index (χ0v) is 11.0. The molecule has 1 aliphatic heterocycles. The molecular weight excluding hydrogens is 250 g/mol. The number of hydrogen-bond acceptors (Lipinski definition) is 4. The number of nitrogens with zero attached hydrogens (tertiary/aromatic N) is 1. The second-order valence-electron chi connectivity index (χ2n) is 3.70. The van der Waals surface area contributed by atoms with E-state index in [2.05, 4.69) is 0 Å². The first kappa shape index (κ1) is 12.7. The minimum atomic E-state index is -0.227. The van der Waals surface area contributed by atoms with Crippen molar-refractivity contribution < 1.29 is 14.3 Å². The average molecular weight is 263 g/mol. The molecule has 2 rings (SSSR count). The van der Waals surface area contributed by atoms with Crippen LogP contribution in [0, 0.1) is 0 Å². The normalized spacial score (nSPS) is 17.7. The van der Waals surface area contributed by atoms with Crippen molar-refractivity contribution in [1.29, 1.82) is 0 Å². The molecule has 0 radical (unpaired) electrons. The van der Waals surface area contributed by atoms with Crippen molar-refractivity contribution >= 4 is 29.0 Å². The van der Waals surface area contributed by atoms with Gasteiger partial charge in [0.2, 0.25) is 0 Å². The molecule has 0 aliphatic carbocycles. The second kappa shape index (κ2) is 5.27. The van der Waals surface area contributed by atoms with Crippen molar-refractivity contribution in [2.45, 2.75) is 6.92 Å². The Hall–Kier alpha value is -1.75. The predicted octanol–water partition coefficient (Wildman–Crippen LogP) is 2.75. The van der Waals surface area contributed by atoms with Crippen LogP contribution in [0.3, 0.4) is 0 Å². The van der Waals surface area contributed by atoms with E-state index in [-0.39, 0.29) is 11.1 Å². The van der Waals surface area contributed by atoms with Gasteiger partial charge in [-0.3, -0.25) is 14.5 Å². The van der Waals surface area contributed by atoms with Crippen LogP contribution < -0.4 is 4.74 Å². The molecule has 4 nitrogen and oxygen atoms in total. The number of rotatable bonds is 3. The Balaban J connectivity index is 2.28. The summed E-state index contributed by atoms with van der Waals surface area (Å²) in [6.45, 7) is 2.19. The van der Waals surface area contributed by atoms with E-state index in [1.807, 2.05) is 24.3 Å². The van der Waals surface area contributed by atoms with Crippen LogP contribution >= 0.6 is 11.8 Å². The van der Waals surface area contributed by atoms with Gasteiger partial charge in [-0.25, -0.2) is 0 Å². The Morgan fingerprint density at radius 1 is 1.39 bits per heavy atom. The highest BCUT2D eigenvalue weighted by Crippen LogP contribution is 2.32. The maximum Gasteiger partial charge on any atom is 0.293 e. The fraction of sp³-hybridized carbons (Fsp3) is 0.231. The van der Waals surface area contributed by atoms with Gasteiger partial charge in [0.15, 0.2) is 0 Å². The van der Waals surface area contributed by atoms with Crippen LogP contribution in [0.4, 0.5) is 4.79 Å². The van der Waals surface area contributed by atoms with Gasteiger partial charge in [0.05, 0.1) is 12.0 Å². The first-order valence-electron chi connectivity index (χ1n) is 5.55. The smallest absolute Gasteiger partial charge is 0.293 e. The Morgan fingerprint density at radius 2 is 2.17 bits per heavy atom. The van der Waals surface area contributed by atoms with Crippen molar-refractivity contribution in [2.75, 3.05) is 13.7 Å². The van der Waals surface area contributed by atoms with Gasteiger partial charge in [-0.1, -0.05) is 12.1 Å². The van der Waals surface area contributed by atoms with E-state index in [0.717, 1.165) is 23.1 Å². The molecular formula is C13H13NO3S. The summed E-state index contributed by atoms with van der Waals surface area (Å²) in [5, 5.41) is -0.211. The zero-order valence-electron chi connectivity index (χ0n) is 10.2. The molecule has 1 aliphatic rings. The lowest BCUT2D eigenvalue weighted by Crippen LogP contribution is -2.27. The van der Waals surface area contributed by atoms with E-state index in [9.17, 15) is 9.59 Å². The van der Waals surface area contributed by atoms with Gasteiger partial charge in [0.1, 0.15) is 5.75 Å². The van der Waals surface area contributed by atoms with Gasteiger partial charge in [-0.15, -0.1) is 0 Å².